The molecule has 0 aliphatic rings. The van der Waals surface area contributed by atoms with Gasteiger partial charge in [0.2, 0.25) is 5.91 Å². The number of carbonyl (C=O) groups excluding carboxylic acids is 2. The molecule has 0 saturated carbocycles. The Labute approximate surface area is 129 Å². The third-order valence-electron chi connectivity index (χ3n) is 3.05. The van der Waals surface area contributed by atoms with Crippen molar-refractivity contribution in [3.63, 3.8) is 0 Å². The van der Waals surface area contributed by atoms with E-state index in [9.17, 15) is 14.4 Å². The van der Waals surface area contributed by atoms with Gasteiger partial charge in [-0.3, -0.25) is 9.59 Å². The van der Waals surface area contributed by atoms with Crippen molar-refractivity contribution in [2.45, 2.75) is 33.1 Å². The molecule has 1 rings (SSSR count). The van der Waals surface area contributed by atoms with E-state index in [1.807, 2.05) is 6.92 Å². The molecule has 0 aliphatic carbocycles. The van der Waals surface area contributed by atoms with Crippen LogP contribution in [-0.4, -0.2) is 36.1 Å². The molecule has 22 heavy (non-hydrogen) atoms. The van der Waals surface area contributed by atoms with Gasteiger partial charge in [-0.05, 0) is 24.6 Å². The number of anilines is 1. The number of carboxylic acid groups (broad SMARTS) is 1. The predicted octanol–water partition coefficient (Wildman–Crippen LogP) is 2.47. The number of nitrogens with zero attached hydrogens (tertiary/aromatic N) is 1. The second kappa shape index (κ2) is 8.81. The first-order valence-electron chi connectivity index (χ1n) is 7.22. The Morgan fingerprint density at radius 1 is 1.27 bits per heavy atom. The number of rotatable bonds is 8. The van der Waals surface area contributed by atoms with Crippen LogP contribution < -0.4 is 4.90 Å². The topological polar surface area (TPSA) is 83.9 Å². The van der Waals surface area contributed by atoms with E-state index in [0.29, 0.717) is 17.9 Å². The number of benzene rings is 1. The molecule has 0 atom stereocenters. The summed E-state index contributed by atoms with van der Waals surface area (Å²) in [6, 6.07) is 6.44. The number of esters is 1. The molecule has 1 amide bonds. The molecule has 1 aromatic carbocycles. The van der Waals surface area contributed by atoms with Crippen LogP contribution in [0.25, 0.3) is 0 Å². The third kappa shape index (κ3) is 5.55. The molecule has 0 spiro atoms. The van der Waals surface area contributed by atoms with Gasteiger partial charge in [0, 0.05) is 19.2 Å². The van der Waals surface area contributed by atoms with Gasteiger partial charge in [0.05, 0.1) is 18.6 Å². The molecule has 6 heteroatoms. The van der Waals surface area contributed by atoms with Crippen LogP contribution in [0.2, 0.25) is 0 Å². The lowest BCUT2D eigenvalue weighted by atomic mass is 10.2. The van der Waals surface area contributed by atoms with Crippen molar-refractivity contribution in [1.29, 1.82) is 0 Å². The summed E-state index contributed by atoms with van der Waals surface area (Å²) in [5.74, 6) is -1.71. The Morgan fingerprint density at radius 3 is 2.59 bits per heavy atom. The summed E-state index contributed by atoms with van der Waals surface area (Å²) in [6.07, 6.45) is 1.56. The quantitative estimate of drug-likeness (QED) is 0.589. The van der Waals surface area contributed by atoms with Gasteiger partial charge in [-0.1, -0.05) is 19.4 Å². The SMILES string of the molecule is CCCCOC(=O)c1cccc(N(CCC(=O)O)C(C)=O)c1. The first-order chi connectivity index (χ1) is 10.5. The zero-order valence-electron chi connectivity index (χ0n) is 12.9. The number of ether oxygens (including phenoxy) is 1. The van der Waals surface area contributed by atoms with Crippen LogP contribution in [0.5, 0.6) is 0 Å². The van der Waals surface area contributed by atoms with Crippen molar-refractivity contribution in [3.8, 4) is 0 Å². The van der Waals surface area contributed by atoms with Gasteiger partial charge < -0.3 is 14.7 Å². The highest BCUT2D eigenvalue weighted by molar-refractivity contribution is 5.95. The first kappa shape index (κ1) is 17.7. The second-order valence-electron chi connectivity index (χ2n) is 4.85. The van der Waals surface area contributed by atoms with Gasteiger partial charge in [0.1, 0.15) is 0 Å². The summed E-state index contributed by atoms with van der Waals surface area (Å²) in [6.45, 7) is 3.77. The fraction of sp³-hybridized carbons (Fsp3) is 0.438. The molecule has 0 aliphatic heterocycles. The fourth-order valence-corrected chi connectivity index (χ4v) is 1.87. The maximum atomic E-state index is 11.9. The van der Waals surface area contributed by atoms with E-state index in [4.69, 9.17) is 9.84 Å². The summed E-state index contributed by atoms with van der Waals surface area (Å²) in [4.78, 5) is 35.6. The summed E-state index contributed by atoms with van der Waals surface area (Å²) >= 11 is 0. The van der Waals surface area contributed by atoms with Crippen LogP contribution >= 0.6 is 0 Å². The fourth-order valence-electron chi connectivity index (χ4n) is 1.87. The van der Waals surface area contributed by atoms with Gasteiger partial charge >= 0.3 is 11.9 Å². The highest BCUT2D eigenvalue weighted by Gasteiger charge is 2.15. The molecule has 120 valence electrons. The van der Waals surface area contributed by atoms with Gasteiger partial charge in [-0.2, -0.15) is 0 Å². The van der Waals surface area contributed by atoms with E-state index in [-0.39, 0.29) is 18.9 Å². The van der Waals surface area contributed by atoms with E-state index in [0.717, 1.165) is 12.8 Å². The number of amides is 1. The molecular formula is C16H21NO5. The van der Waals surface area contributed by atoms with Crippen LogP contribution in [0.3, 0.4) is 0 Å². The first-order valence-corrected chi connectivity index (χ1v) is 7.22. The lowest BCUT2D eigenvalue weighted by molar-refractivity contribution is -0.136. The third-order valence-corrected chi connectivity index (χ3v) is 3.05. The number of aliphatic carboxylic acids is 1. The lowest BCUT2D eigenvalue weighted by Crippen LogP contribution is -2.31. The average molecular weight is 307 g/mol. The normalized spacial score (nSPS) is 10.1. The smallest absolute Gasteiger partial charge is 0.338 e. The van der Waals surface area contributed by atoms with Gasteiger partial charge in [0.25, 0.3) is 0 Å². The number of carbonyl (C=O) groups is 3. The minimum absolute atomic E-state index is 0.0546. The van der Waals surface area contributed by atoms with Gasteiger partial charge in [-0.15, -0.1) is 0 Å². The van der Waals surface area contributed by atoms with Gasteiger partial charge in [0.15, 0.2) is 0 Å². The Balaban J connectivity index is 2.85. The van der Waals surface area contributed by atoms with Crippen LogP contribution in [0.1, 0.15) is 43.5 Å². The molecule has 0 fully saturated rings. The van der Waals surface area contributed by atoms with Crippen molar-refractivity contribution in [1.82, 2.24) is 0 Å². The largest absolute Gasteiger partial charge is 0.481 e. The molecular weight excluding hydrogens is 286 g/mol. The van der Waals surface area contributed by atoms with E-state index in [1.165, 1.54) is 17.9 Å². The van der Waals surface area contributed by atoms with Gasteiger partial charge in [-0.25, -0.2) is 4.79 Å². The van der Waals surface area contributed by atoms with Crippen molar-refractivity contribution >= 4 is 23.5 Å². The number of carboxylic acids is 1. The zero-order valence-corrected chi connectivity index (χ0v) is 12.9. The average Bonchev–Trinajstić information content (AvgIpc) is 2.47. The molecule has 1 N–H and O–H groups in total. The number of hydrogen-bond acceptors (Lipinski definition) is 4. The van der Waals surface area contributed by atoms with E-state index < -0.39 is 11.9 Å². The monoisotopic (exact) mass is 307 g/mol. The van der Waals surface area contributed by atoms with Crippen molar-refractivity contribution < 1.29 is 24.2 Å². The van der Waals surface area contributed by atoms with Crippen LogP contribution in [0.15, 0.2) is 24.3 Å². The highest BCUT2D eigenvalue weighted by Crippen LogP contribution is 2.18. The molecule has 1 aromatic rings. The summed E-state index contributed by atoms with van der Waals surface area (Å²) in [5.41, 5.74) is 0.828. The van der Waals surface area contributed by atoms with Crippen molar-refractivity contribution in [2.75, 3.05) is 18.1 Å². The maximum Gasteiger partial charge on any atom is 0.338 e. The molecule has 0 saturated heterocycles. The lowest BCUT2D eigenvalue weighted by Gasteiger charge is -2.20. The minimum Gasteiger partial charge on any atom is -0.481 e. The predicted molar refractivity (Wildman–Crippen MR) is 81.9 cm³/mol. The van der Waals surface area contributed by atoms with Crippen LogP contribution in [-0.2, 0) is 14.3 Å². The Hall–Kier alpha value is -2.37. The van der Waals surface area contributed by atoms with Crippen molar-refractivity contribution in [2.24, 2.45) is 0 Å². The minimum atomic E-state index is -0.985. The molecule has 0 bridgehead atoms. The molecule has 0 heterocycles. The number of hydrogen-bond donors (Lipinski definition) is 1. The molecule has 0 unspecified atom stereocenters. The zero-order chi connectivity index (χ0) is 16.5. The van der Waals surface area contributed by atoms with E-state index in [1.54, 1.807) is 18.2 Å². The summed E-state index contributed by atoms with van der Waals surface area (Å²) in [7, 11) is 0. The molecule has 6 nitrogen and oxygen atoms in total. The summed E-state index contributed by atoms with van der Waals surface area (Å²) < 4.78 is 5.13. The Bertz CT molecular complexity index is 541. The Kier molecular flexibility index (Phi) is 7.08. The van der Waals surface area contributed by atoms with E-state index >= 15 is 0 Å². The number of unbranched alkanes of at least 4 members (excludes halogenated alkanes) is 1. The second-order valence-corrected chi connectivity index (χ2v) is 4.85. The molecule has 0 aromatic heterocycles. The maximum absolute atomic E-state index is 11.9. The van der Waals surface area contributed by atoms with E-state index in [2.05, 4.69) is 0 Å². The summed E-state index contributed by atoms with van der Waals surface area (Å²) in [5, 5.41) is 8.74. The highest BCUT2D eigenvalue weighted by atomic mass is 16.5. The standard InChI is InChI=1S/C16H21NO5/c1-3-4-10-22-16(21)13-6-5-7-14(11-13)17(12(2)18)9-8-15(19)20/h5-7,11H,3-4,8-10H2,1-2H3,(H,19,20). The van der Waals surface area contributed by atoms with Crippen molar-refractivity contribution in [3.05, 3.63) is 29.8 Å². The Morgan fingerprint density at radius 2 is 2.00 bits per heavy atom. The van der Waals surface area contributed by atoms with Crippen LogP contribution in [0.4, 0.5) is 5.69 Å². The molecule has 0 radical (unpaired) electrons. The van der Waals surface area contributed by atoms with Crippen LogP contribution in [0, 0.1) is 0 Å².